The summed E-state index contributed by atoms with van der Waals surface area (Å²) in [6, 6.07) is 12.2. The van der Waals surface area contributed by atoms with Crippen LogP contribution in [0.1, 0.15) is 23.6 Å². The first-order chi connectivity index (χ1) is 9.60. The molecule has 3 nitrogen and oxygen atoms in total. The maximum Gasteiger partial charge on any atom is 0.130 e. The monoisotopic (exact) mass is 272 g/mol. The molecule has 0 saturated heterocycles. The number of hydrogen-bond donors (Lipinski definition) is 2. The summed E-state index contributed by atoms with van der Waals surface area (Å²) in [5, 5.41) is 7.26. The Hall–Kier alpha value is -2.36. The van der Waals surface area contributed by atoms with E-state index in [-0.39, 0.29) is 12.4 Å². The van der Waals surface area contributed by atoms with Gasteiger partial charge in [-0.25, -0.2) is 4.39 Å². The van der Waals surface area contributed by atoms with Crippen LogP contribution in [0.4, 0.5) is 4.39 Å². The van der Waals surface area contributed by atoms with Gasteiger partial charge in [0.05, 0.1) is 0 Å². The molecule has 2 rings (SSSR count). The average molecular weight is 272 g/mol. The summed E-state index contributed by atoms with van der Waals surface area (Å²) in [4.78, 5) is 0. The van der Waals surface area contributed by atoms with Gasteiger partial charge in [0.1, 0.15) is 24.0 Å². The summed E-state index contributed by atoms with van der Waals surface area (Å²) in [6.07, 6.45) is 0.974. The minimum Gasteiger partial charge on any atom is -0.489 e. The van der Waals surface area contributed by atoms with E-state index < -0.39 is 5.82 Å². The van der Waals surface area contributed by atoms with Gasteiger partial charge in [0.2, 0.25) is 0 Å². The van der Waals surface area contributed by atoms with Crippen molar-refractivity contribution in [3.8, 4) is 5.75 Å². The van der Waals surface area contributed by atoms with Crippen molar-refractivity contribution >= 4 is 5.84 Å². The fourth-order valence-corrected chi connectivity index (χ4v) is 1.81. The lowest BCUT2D eigenvalue weighted by Crippen LogP contribution is -2.12. The zero-order valence-electron chi connectivity index (χ0n) is 11.3. The summed E-state index contributed by atoms with van der Waals surface area (Å²) < 4.78 is 19.3. The molecule has 0 unspecified atom stereocenters. The number of aryl methyl sites for hydroxylation is 1. The Balaban J connectivity index is 2.04. The largest absolute Gasteiger partial charge is 0.489 e. The van der Waals surface area contributed by atoms with Crippen LogP contribution in [-0.2, 0) is 13.0 Å². The van der Waals surface area contributed by atoms with E-state index in [9.17, 15) is 4.39 Å². The molecule has 0 fully saturated rings. The zero-order chi connectivity index (χ0) is 14.5. The highest BCUT2D eigenvalue weighted by Gasteiger charge is 2.06. The van der Waals surface area contributed by atoms with E-state index in [0.29, 0.717) is 16.9 Å². The van der Waals surface area contributed by atoms with Crippen LogP contribution in [0, 0.1) is 11.2 Å². The molecule has 0 aromatic heterocycles. The fourth-order valence-electron chi connectivity index (χ4n) is 1.81. The number of nitrogen functional groups attached to an aromatic ring is 1. The first-order valence-electron chi connectivity index (χ1n) is 6.44. The molecule has 0 bridgehead atoms. The molecule has 0 atom stereocenters. The van der Waals surface area contributed by atoms with Crippen molar-refractivity contribution < 1.29 is 9.13 Å². The van der Waals surface area contributed by atoms with E-state index in [1.165, 1.54) is 11.6 Å². The summed E-state index contributed by atoms with van der Waals surface area (Å²) in [5.41, 5.74) is 7.35. The lowest BCUT2D eigenvalue weighted by molar-refractivity contribution is 0.300. The zero-order valence-corrected chi connectivity index (χ0v) is 11.3. The van der Waals surface area contributed by atoms with Crippen LogP contribution in [-0.4, -0.2) is 5.84 Å². The number of nitrogens with one attached hydrogen (secondary N) is 1. The Bertz CT molecular complexity index is 608. The quantitative estimate of drug-likeness (QED) is 0.648. The topological polar surface area (TPSA) is 59.1 Å². The maximum atomic E-state index is 13.8. The molecule has 2 aromatic carbocycles. The van der Waals surface area contributed by atoms with E-state index in [4.69, 9.17) is 15.9 Å². The molecule has 0 aliphatic heterocycles. The summed E-state index contributed by atoms with van der Waals surface area (Å²) in [6.45, 7) is 2.23. The summed E-state index contributed by atoms with van der Waals surface area (Å²) in [5.74, 6) is 0.145. The normalized spacial score (nSPS) is 10.3. The summed E-state index contributed by atoms with van der Waals surface area (Å²) >= 11 is 0. The van der Waals surface area contributed by atoms with Gasteiger partial charge in [-0.2, -0.15) is 0 Å². The fraction of sp³-hybridized carbons (Fsp3) is 0.188. The second-order valence-electron chi connectivity index (χ2n) is 4.51. The number of halogens is 1. The van der Waals surface area contributed by atoms with E-state index in [1.54, 1.807) is 12.1 Å². The first kappa shape index (κ1) is 14.1. The van der Waals surface area contributed by atoms with Crippen LogP contribution in [0.15, 0.2) is 42.5 Å². The number of benzene rings is 2. The van der Waals surface area contributed by atoms with Crippen LogP contribution in [0.5, 0.6) is 5.75 Å². The maximum absolute atomic E-state index is 13.8. The third-order valence-electron chi connectivity index (χ3n) is 3.09. The van der Waals surface area contributed by atoms with Crippen LogP contribution >= 0.6 is 0 Å². The van der Waals surface area contributed by atoms with Gasteiger partial charge >= 0.3 is 0 Å². The van der Waals surface area contributed by atoms with Gasteiger partial charge in [-0.1, -0.05) is 31.2 Å². The molecule has 2 aromatic rings. The minimum absolute atomic E-state index is 0.147. The highest BCUT2D eigenvalue weighted by atomic mass is 19.1. The van der Waals surface area contributed by atoms with Gasteiger partial charge in [0, 0.05) is 11.1 Å². The van der Waals surface area contributed by atoms with Crippen molar-refractivity contribution in [1.82, 2.24) is 0 Å². The Morgan fingerprint density at radius 2 is 1.90 bits per heavy atom. The molecule has 0 aliphatic carbocycles. The van der Waals surface area contributed by atoms with Crippen LogP contribution in [0.25, 0.3) is 0 Å². The smallest absolute Gasteiger partial charge is 0.130 e. The van der Waals surface area contributed by atoms with Crippen LogP contribution < -0.4 is 10.5 Å². The third-order valence-corrected chi connectivity index (χ3v) is 3.09. The number of ether oxygens (including phenoxy) is 1. The molecule has 0 spiro atoms. The van der Waals surface area contributed by atoms with Crippen molar-refractivity contribution in [2.75, 3.05) is 0 Å². The van der Waals surface area contributed by atoms with Gasteiger partial charge < -0.3 is 10.5 Å². The number of rotatable bonds is 5. The van der Waals surface area contributed by atoms with E-state index >= 15 is 0 Å². The standard InChI is InChI=1S/C16H17FN2O/c1-2-11-3-7-14(8-4-11)20-10-13-6-5-12(16(18)19)9-15(13)17/h3-9H,2,10H2,1H3,(H3,18,19). The Kier molecular flexibility index (Phi) is 4.35. The molecule has 0 heterocycles. The van der Waals surface area contributed by atoms with Crippen LogP contribution in [0.2, 0.25) is 0 Å². The minimum atomic E-state index is -0.414. The molecule has 20 heavy (non-hydrogen) atoms. The van der Waals surface area contributed by atoms with Gasteiger partial charge in [-0.3, -0.25) is 5.41 Å². The van der Waals surface area contributed by atoms with Gasteiger partial charge in [0.25, 0.3) is 0 Å². The van der Waals surface area contributed by atoms with E-state index in [1.807, 2.05) is 24.3 Å². The van der Waals surface area contributed by atoms with Crippen LogP contribution in [0.3, 0.4) is 0 Å². The van der Waals surface area contributed by atoms with Gasteiger partial charge in [0.15, 0.2) is 0 Å². The molecular formula is C16H17FN2O. The van der Waals surface area contributed by atoms with Gasteiger partial charge in [-0.15, -0.1) is 0 Å². The molecule has 4 heteroatoms. The lowest BCUT2D eigenvalue weighted by Gasteiger charge is -2.09. The Labute approximate surface area is 117 Å². The molecule has 104 valence electrons. The van der Waals surface area contributed by atoms with Gasteiger partial charge in [-0.05, 0) is 30.2 Å². The second kappa shape index (κ2) is 6.19. The molecule has 0 radical (unpaired) electrons. The molecule has 0 aliphatic rings. The van der Waals surface area contributed by atoms with Crippen molar-refractivity contribution in [3.63, 3.8) is 0 Å². The Morgan fingerprint density at radius 3 is 2.45 bits per heavy atom. The highest BCUT2D eigenvalue weighted by molar-refractivity contribution is 5.94. The summed E-state index contributed by atoms with van der Waals surface area (Å²) in [7, 11) is 0. The molecule has 0 saturated carbocycles. The second-order valence-corrected chi connectivity index (χ2v) is 4.51. The number of hydrogen-bond acceptors (Lipinski definition) is 2. The highest BCUT2D eigenvalue weighted by Crippen LogP contribution is 2.16. The molecular weight excluding hydrogens is 255 g/mol. The average Bonchev–Trinajstić information content (AvgIpc) is 2.46. The first-order valence-corrected chi connectivity index (χ1v) is 6.44. The Morgan fingerprint density at radius 1 is 1.20 bits per heavy atom. The number of nitrogens with two attached hydrogens (primary N) is 1. The van der Waals surface area contributed by atoms with E-state index in [2.05, 4.69) is 6.92 Å². The van der Waals surface area contributed by atoms with Crippen molar-refractivity contribution in [2.24, 2.45) is 5.73 Å². The van der Waals surface area contributed by atoms with Crippen molar-refractivity contribution in [2.45, 2.75) is 20.0 Å². The predicted molar refractivity (Wildman–Crippen MR) is 77.6 cm³/mol. The van der Waals surface area contributed by atoms with Crippen molar-refractivity contribution in [3.05, 3.63) is 65.0 Å². The number of amidine groups is 1. The molecule has 3 N–H and O–H groups in total. The third kappa shape index (κ3) is 3.35. The SMILES string of the molecule is CCc1ccc(OCc2ccc(C(=N)N)cc2F)cc1. The molecule has 0 amide bonds. The van der Waals surface area contributed by atoms with E-state index in [0.717, 1.165) is 6.42 Å². The van der Waals surface area contributed by atoms with Crippen molar-refractivity contribution in [1.29, 1.82) is 5.41 Å². The predicted octanol–water partition coefficient (Wildman–Crippen LogP) is 3.25. The lowest BCUT2D eigenvalue weighted by atomic mass is 10.1.